The molecule has 20 heavy (non-hydrogen) atoms. The van der Waals surface area contributed by atoms with Crippen LogP contribution in [0.1, 0.15) is 11.1 Å². The van der Waals surface area contributed by atoms with Crippen LogP contribution >= 0.6 is 27.7 Å². The molecule has 0 spiro atoms. The minimum Gasteiger partial charge on any atom is -0.325 e. The minimum atomic E-state index is -0.0320. The highest BCUT2D eigenvalue weighted by molar-refractivity contribution is 9.10. The number of hydrogen-bond donors (Lipinski definition) is 1. The number of carbonyl (C=O) groups excluding carboxylic acids is 1. The van der Waals surface area contributed by atoms with Gasteiger partial charge < -0.3 is 5.32 Å². The summed E-state index contributed by atoms with van der Waals surface area (Å²) in [7, 11) is 0. The molecule has 0 fully saturated rings. The monoisotopic (exact) mass is 347 g/mol. The highest BCUT2D eigenvalue weighted by atomic mass is 79.9. The molecule has 2 aromatic rings. The Kier molecular flexibility index (Phi) is 3.85. The molecule has 0 bridgehead atoms. The number of aryl methyl sites for hydroxylation is 1. The molecule has 102 valence electrons. The van der Waals surface area contributed by atoms with Crippen molar-refractivity contribution in [3.8, 4) is 0 Å². The summed E-state index contributed by atoms with van der Waals surface area (Å²) in [5.74, 6) is 0.0752. The summed E-state index contributed by atoms with van der Waals surface area (Å²) in [6, 6.07) is 14.1. The van der Waals surface area contributed by atoms with Crippen LogP contribution in [-0.4, -0.2) is 11.2 Å². The first-order chi connectivity index (χ1) is 9.61. The van der Waals surface area contributed by atoms with E-state index in [0.717, 1.165) is 16.6 Å². The quantitative estimate of drug-likeness (QED) is 0.871. The van der Waals surface area contributed by atoms with Gasteiger partial charge in [-0.15, -0.1) is 11.8 Å². The van der Waals surface area contributed by atoms with Gasteiger partial charge >= 0.3 is 0 Å². The Morgan fingerprint density at radius 2 is 2.00 bits per heavy atom. The van der Waals surface area contributed by atoms with Crippen LogP contribution in [-0.2, 0) is 11.2 Å². The van der Waals surface area contributed by atoms with E-state index in [9.17, 15) is 4.79 Å². The Morgan fingerprint density at radius 1 is 1.25 bits per heavy atom. The van der Waals surface area contributed by atoms with Crippen LogP contribution in [0.25, 0.3) is 0 Å². The number of rotatable bonds is 2. The van der Waals surface area contributed by atoms with E-state index in [-0.39, 0.29) is 11.2 Å². The summed E-state index contributed by atoms with van der Waals surface area (Å²) >= 11 is 5.05. The lowest BCUT2D eigenvalue weighted by Crippen LogP contribution is -2.24. The zero-order valence-electron chi connectivity index (χ0n) is 11.0. The van der Waals surface area contributed by atoms with Crippen molar-refractivity contribution in [2.24, 2.45) is 0 Å². The van der Waals surface area contributed by atoms with E-state index in [1.54, 1.807) is 11.8 Å². The first kappa shape index (κ1) is 13.7. The molecule has 2 aromatic carbocycles. The molecule has 1 aliphatic heterocycles. The van der Waals surface area contributed by atoms with E-state index >= 15 is 0 Å². The van der Waals surface area contributed by atoms with Gasteiger partial charge in [-0.2, -0.15) is 0 Å². The fourth-order valence-electron chi connectivity index (χ4n) is 2.24. The van der Waals surface area contributed by atoms with Crippen molar-refractivity contribution in [3.05, 3.63) is 58.1 Å². The summed E-state index contributed by atoms with van der Waals surface area (Å²) in [6.07, 6.45) is 0.808. The zero-order chi connectivity index (χ0) is 14.1. The molecule has 3 rings (SSSR count). The molecular formula is C16H14BrNOS. The molecule has 2 nitrogen and oxygen atoms in total. The van der Waals surface area contributed by atoms with Crippen LogP contribution in [0.2, 0.25) is 0 Å². The second-order valence-electron chi connectivity index (χ2n) is 4.92. The number of halogens is 1. The predicted molar refractivity (Wildman–Crippen MR) is 87.3 cm³/mol. The third-order valence-electron chi connectivity index (χ3n) is 3.30. The lowest BCUT2D eigenvalue weighted by Gasteiger charge is -2.09. The van der Waals surface area contributed by atoms with Crippen LogP contribution in [0.5, 0.6) is 0 Å². The van der Waals surface area contributed by atoms with Crippen molar-refractivity contribution < 1.29 is 4.79 Å². The van der Waals surface area contributed by atoms with E-state index < -0.39 is 0 Å². The van der Waals surface area contributed by atoms with Crippen molar-refractivity contribution in [2.75, 3.05) is 5.32 Å². The number of nitrogens with one attached hydrogen (secondary N) is 1. The molecule has 0 saturated heterocycles. The molecule has 4 heteroatoms. The Morgan fingerprint density at radius 3 is 2.75 bits per heavy atom. The zero-order valence-corrected chi connectivity index (χ0v) is 13.4. The number of carbonyl (C=O) groups is 1. The van der Waals surface area contributed by atoms with E-state index in [4.69, 9.17) is 0 Å². The van der Waals surface area contributed by atoms with Gasteiger partial charge in [-0.3, -0.25) is 4.79 Å². The van der Waals surface area contributed by atoms with Crippen LogP contribution in [0.4, 0.5) is 5.69 Å². The number of fused-ring (bicyclic) bond motifs is 1. The summed E-state index contributed by atoms with van der Waals surface area (Å²) in [4.78, 5) is 13.5. The van der Waals surface area contributed by atoms with Gasteiger partial charge in [-0.1, -0.05) is 33.6 Å². The number of amides is 1. The number of hydrogen-bond acceptors (Lipinski definition) is 2. The van der Waals surface area contributed by atoms with Crippen LogP contribution in [0.15, 0.2) is 51.8 Å². The second kappa shape index (κ2) is 5.62. The van der Waals surface area contributed by atoms with Crippen molar-refractivity contribution in [2.45, 2.75) is 23.5 Å². The third kappa shape index (κ3) is 2.91. The van der Waals surface area contributed by atoms with E-state index in [2.05, 4.69) is 46.4 Å². The second-order valence-corrected chi connectivity index (χ2v) is 7.08. The predicted octanol–water partition coefficient (Wildman–Crippen LogP) is 4.41. The van der Waals surface area contributed by atoms with Crippen molar-refractivity contribution >= 4 is 39.3 Å². The van der Waals surface area contributed by atoms with Gasteiger partial charge in [0.15, 0.2) is 0 Å². The molecule has 1 aliphatic rings. The van der Waals surface area contributed by atoms with Gasteiger partial charge in [0.1, 0.15) is 0 Å². The molecule has 1 atom stereocenters. The van der Waals surface area contributed by atoms with Gasteiger partial charge in [-0.25, -0.2) is 0 Å². The maximum absolute atomic E-state index is 12.3. The largest absolute Gasteiger partial charge is 0.325 e. The normalized spacial score (nSPS) is 16.8. The maximum Gasteiger partial charge on any atom is 0.238 e. The average molecular weight is 348 g/mol. The molecule has 0 radical (unpaired) electrons. The average Bonchev–Trinajstić information content (AvgIpc) is 2.84. The van der Waals surface area contributed by atoms with Crippen LogP contribution in [0.3, 0.4) is 0 Å². The summed E-state index contributed by atoms with van der Waals surface area (Å²) in [5, 5.41) is 2.95. The summed E-state index contributed by atoms with van der Waals surface area (Å²) < 4.78 is 1.01. The third-order valence-corrected chi connectivity index (χ3v) is 5.13. The standard InChI is InChI=1S/C16H14BrNOS/c1-10-2-3-11-9-15(20-14(11)8-10)16(19)18-13-6-4-12(17)5-7-13/h2-8,15H,9H2,1H3,(H,18,19)/t15-/m0/s1. The highest BCUT2D eigenvalue weighted by Crippen LogP contribution is 2.38. The van der Waals surface area contributed by atoms with Crippen molar-refractivity contribution in [3.63, 3.8) is 0 Å². The Labute approximate surface area is 131 Å². The fraction of sp³-hybridized carbons (Fsp3) is 0.188. The molecule has 1 heterocycles. The first-order valence-electron chi connectivity index (χ1n) is 6.44. The Bertz CT molecular complexity index is 654. The van der Waals surface area contributed by atoms with Gasteiger partial charge in [0.25, 0.3) is 0 Å². The van der Waals surface area contributed by atoms with Gasteiger partial charge in [0, 0.05) is 15.1 Å². The molecule has 1 N–H and O–H groups in total. The first-order valence-corrected chi connectivity index (χ1v) is 8.12. The van der Waals surface area contributed by atoms with Gasteiger partial charge in [0.2, 0.25) is 5.91 Å². The van der Waals surface area contributed by atoms with Crippen LogP contribution < -0.4 is 5.32 Å². The van der Waals surface area contributed by atoms with E-state index in [1.165, 1.54) is 16.0 Å². The van der Waals surface area contributed by atoms with Crippen molar-refractivity contribution in [1.82, 2.24) is 0 Å². The molecule has 1 amide bonds. The fourth-order valence-corrected chi connectivity index (χ4v) is 3.79. The SMILES string of the molecule is Cc1ccc2c(c1)S[C@H](C(=O)Nc1ccc(Br)cc1)C2. The molecule has 0 aromatic heterocycles. The van der Waals surface area contributed by atoms with Gasteiger partial charge in [0.05, 0.1) is 5.25 Å². The Balaban J connectivity index is 1.69. The van der Waals surface area contributed by atoms with Crippen molar-refractivity contribution in [1.29, 1.82) is 0 Å². The molecule has 0 saturated carbocycles. The van der Waals surface area contributed by atoms with Crippen LogP contribution in [0, 0.1) is 6.92 Å². The Hall–Kier alpha value is -1.26. The number of thioether (sulfide) groups is 1. The molecular weight excluding hydrogens is 334 g/mol. The minimum absolute atomic E-state index is 0.0320. The summed E-state index contributed by atoms with van der Waals surface area (Å²) in [5.41, 5.74) is 3.35. The van der Waals surface area contributed by atoms with E-state index in [0.29, 0.717) is 0 Å². The number of anilines is 1. The topological polar surface area (TPSA) is 29.1 Å². The molecule has 0 unspecified atom stereocenters. The lowest BCUT2D eigenvalue weighted by atomic mass is 10.1. The van der Waals surface area contributed by atoms with E-state index in [1.807, 2.05) is 24.3 Å². The lowest BCUT2D eigenvalue weighted by molar-refractivity contribution is -0.115. The number of benzene rings is 2. The smallest absolute Gasteiger partial charge is 0.238 e. The van der Waals surface area contributed by atoms with Gasteiger partial charge in [-0.05, 0) is 49.2 Å². The summed E-state index contributed by atoms with van der Waals surface area (Å²) in [6.45, 7) is 2.08. The molecule has 0 aliphatic carbocycles. The maximum atomic E-state index is 12.3. The highest BCUT2D eigenvalue weighted by Gasteiger charge is 2.28.